The number of hydrogen-bond donors (Lipinski definition) is 0. The van der Waals surface area contributed by atoms with Gasteiger partial charge in [-0.15, -0.1) is 0 Å². The van der Waals surface area contributed by atoms with Crippen molar-refractivity contribution in [2.75, 3.05) is 20.3 Å². The smallest absolute Gasteiger partial charge is 0.104 e. The molecule has 1 aliphatic heterocycles. The van der Waals surface area contributed by atoms with Gasteiger partial charge in [0.2, 0.25) is 0 Å². The van der Waals surface area contributed by atoms with Gasteiger partial charge in [-0.25, -0.2) is 0 Å². The zero-order valence-corrected chi connectivity index (χ0v) is 7.51. The van der Waals surface area contributed by atoms with Crippen molar-refractivity contribution in [1.29, 1.82) is 5.26 Å². The van der Waals surface area contributed by atoms with Gasteiger partial charge in [-0.2, -0.15) is 5.26 Å². The van der Waals surface area contributed by atoms with Crippen molar-refractivity contribution < 1.29 is 9.47 Å². The van der Waals surface area contributed by atoms with Gasteiger partial charge in [-0.1, -0.05) is 0 Å². The summed E-state index contributed by atoms with van der Waals surface area (Å²) in [6, 6.07) is 2.16. The van der Waals surface area contributed by atoms with E-state index in [4.69, 9.17) is 14.7 Å². The predicted octanol–water partition coefficient (Wildman–Crippen LogP) is 1.49. The summed E-state index contributed by atoms with van der Waals surface area (Å²) in [6.45, 7) is 1.31. The maximum absolute atomic E-state index is 8.62. The van der Waals surface area contributed by atoms with Crippen molar-refractivity contribution in [3.05, 3.63) is 0 Å². The van der Waals surface area contributed by atoms with E-state index in [1.54, 1.807) is 7.11 Å². The molecule has 1 fully saturated rings. The van der Waals surface area contributed by atoms with Gasteiger partial charge < -0.3 is 9.47 Å². The molecule has 68 valence electrons. The topological polar surface area (TPSA) is 42.2 Å². The second-order valence-electron chi connectivity index (χ2n) is 3.26. The molecule has 3 heteroatoms. The lowest BCUT2D eigenvalue weighted by molar-refractivity contribution is -0.112. The third-order valence-electron chi connectivity index (χ3n) is 2.24. The fourth-order valence-corrected chi connectivity index (χ4v) is 1.62. The maximum atomic E-state index is 8.62. The minimum absolute atomic E-state index is 0.304. The highest BCUT2D eigenvalue weighted by Gasteiger charge is 2.32. The van der Waals surface area contributed by atoms with Crippen LogP contribution in [0.25, 0.3) is 0 Å². The lowest BCUT2D eigenvalue weighted by atomic mass is 9.92. The van der Waals surface area contributed by atoms with Crippen LogP contribution in [-0.2, 0) is 9.47 Å². The van der Waals surface area contributed by atoms with Gasteiger partial charge in [-0.05, 0) is 19.3 Å². The van der Waals surface area contributed by atoms with Crippen LogP contribution < -0.4 is 0 Å². The molecule has 0 aliphatic carbocycles. The first-order valence-electron chi connectivity index (χ1n) is 4.33. The molecule has 0 aromatic heterocycles. The molecule has 1 unspecified atom stereocenters. The monoisotopic (exact) mass is 169 g/mol. The van der Waals surface area contributed by atoms with E-state index in [-0.39, 0.29) is 5.60 Å². The molecule has 0 saturated carbocycles. The largest absolute Gasteiger partial charge is 0.382 e. The number of methoxy groups -OCH3 is 1. The van der Waals surface area contributed by atoms with Crippen molar-refractivity contribution in [3.63, 3.8) is 0 Å². The molecule has 0 radical (unpaired) electrons. The summed E-state index contributed by atoms with van der Waals surface area (Å²) in [5.41, 5.74) is -0.304. The fraction of sp³-hybridized carbons (Fsp3) is 0.889. The molecule has 1 saturated heterocycles. The Labute approximate surface area is 73.3 Å². The van der Waals surface area contributed by atoms with Crippen molar-refractivity contribution in [2.45, 2.75) is 31.3 Å². The van der Waals surface area contributed by atoms with Gasteiger partial charge in [0.1, 0.15) is 5.60 Å². The second kappa shape index (κ2) is 4.44. The van der Waals surface area contributed by atoms with E-state index < -0.39 is 0 Å². The quantitative estimate of drug-likeness (QED) is 0.642. The Morgan fingerprint density at radius 1 is 1.58 bits per heavy atom. The third-order valence-corrected chi connectivity index (χ3v) is 2.24. The molecule has 0 amide bonds. The zero-order valence-electron chi connectivity index (χ0n) is 7.51. The second-order valence-corrected chi connectivity index (χ2v) is 3.26. The first-order chi connectivity index (χ1) is 5.83. The van der Waals surface area contributed by atoms with Gasteiger partial charge in [0, 0.05) is 13.7 Å². The van der Waals surface area contributed by atoms with Crippen LogP contribution in [0.15, 0.2) is 0 Å². The lowest BCUT2D eigenvalue weighted by Crippen LogP contribution is -2.40. The molecule has 0 N–H and O–H groups in total. The van der Waals surface area contributed by atoms with E-state index in [1.807, 2.05) is 0 Å². The molecule has 0 bridgehead atoms. The summed E-state index contributed by atoms with van der Waals surface area (Å²) >= 11 is 0. The molecule has 1 rings (SSSR count). The van der Waals surface area contributed by atoms with E-state index in [1.165, 1.54) is 0 Å². The van der Waals surface area contributed by atoms with Gasteiger partial charge in [0.05, 0.1) is 19.1 Å². The normalized spacial score (nSPS) is 29.7. The maximum Gasteiger partial charge on any atom is 0.104 e. The molecule has 1 aliphatic rings. The number of hydrogen-bond acceptors (Lipinski definition) is 3. The highest BCUT2D eigenvalue weighted by molar-refractivity contribution is 4.92. The van der Waals surface area contributed by atoms with E-state index in [2.05, 4.69) is 6.07 Å². The number of nitrogens with zero attached hydrogens (tertiary/aromatic N) is 1. The summed E-state index contributed by atoms with van der Waals surface area (Å²) in [4.78, 5) is 0. The lowest BCUT2D eigenvalue weighted by Gasteiger charge is -2.34. The summed E-state index contributed by atoms with van der Waals surface area (Å²) in [7, 11) is 1.65. The van der Waals surface area contributed by atoms with Gasteiger partial charge in [0.15, 0.2) is 0 Å². The van der Waals surface area contributed by atoms with Gasteiger partial charge in [0.25, 0.3) is 0 Å². The highest BCUT2D eigenvalue weighted by atomic mass is 16.5. The highest BCUT2D eigenvalue weighted by Crippen LogP contribution is 2.28. The molecule has 1 heterocycles. The molecular weight excluding hydrogens is 154 g/mol. The molecule has 0 spiro atoms. The Morgan fingerprint density at radius 2 is 2.42 bits per heavy atom. The molecule has 0 aromatic carbocycles. The Morgan fingerprint density at radius 3 is 2.92 bits per heavy atom. The van der Waals surface area contributed by atoms with Crippen LogP contribution in [0.4, 0.5) is 0 Å². The SMILES string of the molecule is COCC1(CC#N)CCCCO1. The molecular formula is C9H15NO2. The summed E-state index contributed by atoms with van der Waals surface area (Å²) in [5, 5.41) is 8.62. The minimum atomic E-state index is -0.304. The summed E-state index contributed by atoms with van der Waals surface area (Å²) in [6.07, 6.45) is 3.65. The van der Waals surface area contributed by atoms with Crippen molar-refractivity contribution in [3.8, 4) is 6.07 Å². The molecule has 3 nitrogen and oxygen atoms in total. The molecule has 1 atom stereocenters. The average molecular weight is 169 g/mol. The Kier molecular flexibility index (Phi) is 3.51. The first-order valence-corrected chi connectivity index (χ1v) is 4.33. The number of nitriles is 1. The van der Waals surface area contributed by atoms with Crippen molar-refractivity contribution >= 4 is 0 Å². The van der Waals surface area contributed by atoms with Gasteiger partial charge >= 0.3 is 0 Å². The van der Waals surface area contributed by atoms with Crippen LogP contribution >= 0.6 is 0 Å². The Balaban J connectivity index is 2.51. The third kappa shape index (κ3) is 2.20. The molecule has 12 heavy (non-hydrogen) atoms. The zero-order chi connectivity index (χ0) is 8.86. The van der Waals surface area contributed by atoms with Crippen LogP contribution in [0.1, 0.15) is 25.7 Å². The van der Waals surface area contributed by atoms with Gasteiger partial charge in [-0.3, -0.25) is 0 Å². The average Bonchev–Trinajstić information content (AvgIpc) is 2.07. The van der Waals surface area contributed by atoms with Crippen LogP contribution in [0.5, 0.6) is 0 Å². The van der Waals surface area contributed by atoms with Crippen LogP contribution in [0, 0.1) is 11.3 Å². The Bertz CT molecular complexity index is 162. The van der Waals surface area contributed by atoms with E-state index in [9.17, 15) is 0 Å². The van der Waals surface area contributed by atoms with Crippen molar-refractivity contribution in [2.24, 2.45) is 0 Å². The van der Waals surface area contributed by atoms with Crippen LogP contribution in [0.2, 0.25) is 0 Å². The van der Waals surface area contributed by atoms with E-state index in [0.29, 0.717) is 13.0 Å². The number of rotatable bonds is 3. The predicted molar refractivity (Wildman–Crippen MR) is 44.6 cm³/mol. The van der Waals surface area contributed by atoms with E-state index in [0.717, 1.165) is 25.9 Å². The molecule has 0 aromatic rings. The van der Waals surface area contributed by atoms with Crippen LogP contribution in [-0.4, -0.2) is 25.9 Å². The fourth-order valence-electron chi connectivity index (χ4n) is 1.62. The minimum Gasteiger partial charge on any atom is -0.382 e. The van der Waals surface area contributed by atoms with Crippen molar-refractivity contribution in [1.82, 2.24) is 0 Å². The summed E-state index contributed by atoms with van der Waals surface area (Å²) in [5.74, 6) is 0. The van der Waals surface area contributed by atoms with Crippen LogP contribution in [0.3, 0.4) is 0 Å². The Hall–Kier alpha value is -0.590. The number of ether oxygens (including phenoxy) is 2. The first kappa shape index (κ1) is 9.50. The standard InChI is InChI=1S/C9H15NO2/c1-11-8-9(5-6-10)4-2-3-7-12-9/h2-5,7-8H2,1H3. The summed E-state index contributed by atoms with van der Waals surface area (Å²) < 4.78 is 10.7. The van der Waals surface area contributed by atoms with E-state index >= 15 is 0 Å².